The first kappa shape index (κ1) is 22.9. The third kappa shape index (κ3) is 5.66. The van der Waals surface area contributed by atoms with Crippen molar-refractivity contribution in [2.45, 2.75) is 13.5 Å². The highest BCUT2D eigenvalue weighted by Crippen LogP contribution is 2.28. The fourth-order valence-electron chi connectivity index (χ4n) is 3.45. The number of piperazine rings is 1. The van der Waals surface area contributed by atoms with E-state index in [9.17, 15) is 13.2 Å². The van der Waals surface area contributed by atoms with Crippen LogP contribution in [0.2, 0.25) is 10.0 Å². The van der Waals surface area contributed by atoms with Crippen LogP contribution >= 0.6 is 23.2 Å². The SMILES string of the molecule is CCN1CCN(C(=O)c2ccc(CN(c3cc(Cl)cc(Cl)c3)S(C)(=O)=O)cc2)CC1. The van der Waals surface area contributed by atoms with Crippen molar-refractivity contribution in [2.24, 2.45) is 0 Å². The highest BCUT2D eigenvalue weighted by Gasteiger charge is 2.22. The lowest BCUT2D eigenvalue weighted by molar-refractivity contribution is 0.0643. The summed E-state index contributed by atoms with van der Waals surface area (Å²) in [7, 11) is -3.56. The van der Waals surface area contributed by atoms with Gasteiger partial charge in [-0.05, 0) is 42.4 Å². The zero-order chi connectivity index (χ0) is 21.9. The first-order valence-electron chi connectivity index (χ1n) is 9.71. The summed E-state index contributed by atoms with van der Waals surface area (Å²) >= 11 is 12.1. The molecule has 2 aromatic carbocycles. The molecule has 3 rings (SSSR count). The number of anilines is 1. The second-order valence-corrected chi connectivity index (χ2v) is 10.1. The molecule has 2 aromatic rings. The van der Waals surface area contributed by atoms with Crippen molar-refractivity contribution in [3.05, 3.63) is 63.6 Å². The lowest BCUT2D eigenvalue weighted by Crippen LogP contribution is -2.48. The van der Waals surface area contributed by atoms with Gasteiger partial charge in [0.1, 0.15) is 0 Å². The van der Waals surface area contributed by atoms with E-state index in [1.165, 1.54) is 4.31 Å². The molecule has 0 spiro atoms. The Hall–Kier alpha value is -1.80. The molecule has 1 amide bonds. The van der Waals surface area contributed by atoms with Gasteiger partial charge in [0.2, 0.25) is 10.0 Å². The number of hydrogen-bond acceptors (Lipinski definition) is 4. The molecule has 0 aromatic heterocycles. The fourth-order valence-corrected chi connectivity index (χ4v) is 4.84. The molecular formula is C21H25Cl2N3O3S. The van der Waals surface area contributed by atoms with E-state index in [-0.39, 0.29) is 12.5 Å². The highest BCUT2D eigenvalue weighted by atomic mass is 35.5. The van der Waals surface area contributed by atoms with Crippen molar-refractivity contribution in [1.82, 2.24) is 9.80 Å². The smallest absolute Gasteiger partial charge is 0.253 e. The standard InChI is InChI=1S/C21H25Cl2N3O3S/c1-3-24-8-10-25(11-9-24)21(27)17-6-4-16(5-7-17)15-26(30(2,28)29)20-13-18(22)12-19(23)14-20/h4-7,12-14H,3,8-11,15H2,1-2H3. The quantitative estimate of drug-likeness (QED) is 0.646. The number of rotatable bonds is 6. The third-order valence-electron chi connectivity index (χ3n) is 5.17. The molecule has 162 valence electrons. The monoisotopic (exact) mass is 469 g/mol. The van der Waals surface area contributed by atoms with Gasteiger partial charge in [-0.2, -0.15) is 0 Å². The number of carbonyl (C=O) groups is 1. The number of hydrogen-bond donors (Lipinski definition) is 0. The van der Waals surface area contributed by atoms with E-state index in [1.807, 2.05) is 4.90 Å². The van der Waals surface area contributed by atoms with E-state index >= 15 is 0 Å². The molecule has 9 heteroatoms. The maximum Gasteiger partial charge on any atom is 0.253 e. The minimum atomic E-state index is -3.56. The Bertz CT molecular complexity index is 984. The fraction of sp³-hybridized carbons (Fsp3) is 0.381. The van der Waals surface area contributed by atoms with Crippen molar-refractivity contribution in [1.29, 1.82) is 0 Å². The summed E-state index contributed by atoms with van der Waals surface area (Å²) in [6.07, 6.45) is 1.13. The van der Waals surface area contributed by atoms with Crippen molar-refractivity contribution < 1.29 is 13.2 Å². The maximum absolute atomic E-state index is 12.8. The molecule has 6 nitrogen and oxygen atoms in total. The van der Waals surface area contributed by atoms with Crippen LogP contribution in [0, 0.1) is 0 Å². The van der Waals surface area contributed by atoms with Crippen LogP contribution in [-0.4, -0.2) is 63.1 Å². The van der Waals surface area contributed by atoms with Gasteiger partial charge in [0, 0.05) is 41.8 Å². The van der Waals surface area contributed by atoms with Crippen LogP contribution in [0.4, 0.5) is 5.69 Å². The molecule has 0 unspecified atom stereocenters. The minimum absolute atomic E-state index is 0.00102. The summed E-state index contributed by atoms with van der Waals surface area (Å²) in [5.41, 5.74) is 1.74. The van der Waals surface area contributed by atoms with Gasteiger partial charge in [-0.25, -0.2) is 8.42 Å². The Morgan fingerprint density at radius 2 is 1.57 bits per heavy atom. The van der Waals surface area contributed by atoms with Crippen molar-refractivity contribution in [3.63, 3.8) is 0 Å². The molecule has 0 saturated carbocycles. The molecule has 0 N–H and O–H groups in total. The van der Waals surface area contributed by atoms with Crippen LogP contribution in [0.5, 0.6) is 0 Å². The second-order valence-electron chi connectivity index (χ2n) is 7.32. The Balaban J connectivity index is 1.75. The summed E-state index contributed by atoms with van der Waals surface area (Å²) in [6.45, 7) is 6.41. The Morgan fingerprint density at radius 1 is 1.00 bits per heavy atom. The average Bonchev–Trinajstić information content (AvgIpc) is 2.70. The van der Waals surface area contributed by atoms with Gasteiger partial charge in [0.05, 0.1) is 18.5 Å². The van der Waals surface area contributed by atoms with Gasteiger partial charge < -0.3 is 9.80 Å². The molecule has 1 aliphatic rings. The largest absolute Gasteiger partial charge is 0.336 e. The Labute approximate surface area is 188 Å². The highest BCUT2D eigenvalue weighted by molar-refractivity contribution is 7.92. The van der Waals surface area contributed by atoms with Crippen molar-refractivity contribution in [2.75, 3.05) is 43.3 Å². The summed E-state index contributed by atoms with van der Waals surface area (Å²) in [6, 6.07) is 11.7. The first-order chi connectivity index (χ1) is 14.2. The predicted molar refractivity (Wildman–Crippen MR) is 122 cm³/mol. The summed E-state index contributed by atoms with van der Waals surface area (Å²) in [5.74, 6) is -0.00102. The predicted octanol–water partition coefficient (Wildman–Crippen LogP) is 3.74. The van der Waals surface area contributed by atoms with E-state index < -0.39 is 10.0 Å². The number of halogens is 2. The number of amides is 1. The number of nitrogens with zero attached hydrogens (tertiary/aromatic N) is 3. The molecule has 0 atom stereocenters. The van der Waals surface area contributed by atoms with Gasteiger partial charge in [0.25, 0.3) is 5.91 Å². The molecule has 0 aliphatic carbocycles. The number of carbonyl (C=O) groups excluding carboxylic acids is 1. The summed E-state index contributed by atoms with van der Waals surface area (Å²) < 4.78 is 26.0. The summed E-state index contributed by atoms with van der Waals surface area (Å²) in [5, 5.41) is 0.713. The molecular weight excluding hydrogens is 445 g/mol. The first-order valence-corrected chi connectivity index (χ1v) is 12.3. The van der Waals surface area contributed by atoms with E-state index in [4.69, 9.17) is 23.2 Å². The molecule has 0 radical (unpaired) electrons. The van der Waals surface area contributed by atoms with Gasteiger partial charge in [0.15, 0.2) is 0 Å². The minimum Gasteiger partial charge on any atom is -0.336 e. The van der Waals surface area contributed by atoms with Crippen LogP contribution in [0.25, 0.3) is 0 Å². The zero-order valence-corrected chi connectivity index (χ0v) is 19.3. The number of likely N-dealkylation sites (N-methyl/N-ethyl adjacent to an activating group) is 1. The Morgan fingerprint density at radius 3 is 2.07 bits per heavy atom. The zero-order valence-electron chi connectivity index (χ0n) is 17.0. The number of sulfonamides is 1. The Kier molecular flexibility index (Phi) is 7.29. The topological polar surface area (TPSA) is 60.9 Å². The van der Waals surface area contributed by atoms with Gasteiger partial charge in [-0.1, -0.05) is 42.3 Å². The van der Waals surface area contributed by atoms with Crippen LogP contribution in [0.1, 0.15) is 22.8 Å². The molecule has 30 heavy (non-hydrogen) atoms. The lowest BCUT2D eigenvalue weighted by Gasteiger charge is -2.34. The van der Waals surface area contributed by atoms with Crippen LogP contribution < -0.4 is 4.31 Å². The third-order valence-corrected chi connectivity index (χ3v) is 6.75. The van der Waals surface area contributed by atoms with Gasteiger partial charge >= 0.3 is 0 Å². The van der Waals surface area contributed by atoms with Crippen LogP contribution in [0.15, 0.2) is 42.5 Å². The number of benzene rings is 2. The van der Waals surface area contributed by atoms with E-state index in [0.717, 1.165) is 31.5 Å². The second kappa shape index (κ2) is 9.56. The van der Waals surface area contributed by atoms with Gasteiger partial charge in [-0.3, -0.25) is 9.10 Å². The van der Waals surface area contributed by atoms with E-state index in [1.54, 1.807) is 42.5 Å². The van der Waals surface area contributed by atoms with Crippen LogP contribution in [-0.2, 0) is 16.6 Å². The van der Waals surface area contributed by atoms with Crippen LogP contribution in [0.3, 0.4) is 0 Å². The van der Waals surface area contributed by atoms with E-state index in [2.05, 4.69) is 11.8 Å². The molecule has 1 fully saturated rings. The lowest BCUT2D eigenvalue weighted by atomic mass is 10.1. The molecule has 1 heterocycles. The van der Waals surface area contributed by atoms with Gasteiger partial charge in [-0.15, -0.1) is 0 Å². The maximum atomic E-state index is 12.8. The van der Waals surface area contributed by atoms with Crippen molar-refractivity contribution >= 4 is 44.8 Å². The normalized spacial score (nSPS) is 15.3. The summed E-state index contributed by atoms with van der Waals surface area (Å²) in [4.78, 5) is 16.9. The molecule has 1 aliphatic heterocycles. The average molecular weight is 470 g/mol. The van der Waals surface area contributed by atoms with E-state index in [0.29, 0.717) is 34.4 Å². The molecule has 1 saturated heterocycles. The molecule has 0 bridgehead atoms. The van der Waals surface area contributed by atoms with Crippen molar-refractivity contribution in [3.8, 4) is 0 Å².